The van der Waals surface area contributed by atoms with Gasteiger partial charge in [0.15, 0.2) is 5.96 Å². The summed E-state index contributed by atoms with van der Waals surface area (Å²) in [5.74, 6) is 0.636. The summed E-state index contributed by atoms with van der Waals surface area (Å²) in [6.45, 7) is 3.70. The zero-order valence-corrected chi connectivity index (χ0v) is 19.2. The van der Waals surface area contributed by atoms with Gasteiger partial charge in [0.1, 0.15) is 0 Å². The average molecular weight is 504 g/mol. The van der Waals surface area contributed by atoms with Crippen LogP contribution < -0.4 is 10.6 Å². The van der Waals surface area contributed by atoms with E-state index in [9.17, 15) is 4.79 Å². The zero-order chi connectivity index (χ0) is 19.3. The normalized spacial score (nSPS) is 16.4. The molecule has 28 heavy (non-hydrogen) atoms. The summed E-state index contributed by atoms with van der Waals surface area (Å²) in [6, 6.07) is 10.0. The van der Waals surface area contributed by atoms with Crippen LogP contribution in [-0.4, -0.2) is 69.9 Å². The summed E-state index contributed by atoms with van der Waals surface area (Å²) < 4.78 is 11.2. The Morgan fingerprint density at radius 1 is 1.29 bits per heavy atom. The molecule has 1 aliphatic heterocycles. The lowest BCUT2D eigenvalue weighted by atomic mass is 10.2. The first-order valence-electron chi connectivity index (χ1n) is 9.61. The summed E-state index contributed by atoms with van der Waals surface area (Å²) in [7, 11) is 3.48. The van der Waals surface area contributed by atoms with Gasteiger partial charge in [-0.25, -0.2) is 4.99 Å². The lowest BCUT2D eigenvalue weighted by molar-refractivity contribution is -0.127. The maximum atomic E-state index is 11.8. The second-order valence-corrected chi connectivity index (χ2v) is 6.78. The Morgan fingerprint density at radius 3 is 2.75 bits per heavy atom. The van der Waals surface area contributed by atoms with Gasteiger partial charge in [0.05, 0.1) is 25.8 Å². The van der Waals surface area contributed by atoms with Crippen LogP contribution in [0.2, 0.25) is 0 Å². The summed E-state index contributed by atoms with van der Waals surface area (Å²) in [5, 5.41) is 6.36. The van der Waals surface area contributed by atoms with E-state index in [1.807, 2.05) is 30.3 Å². The number of hydrogen-bond donors (Lipinski definition) is 2. The fourth-order valence-electron chi connectivity index (χ4n) is 2.62. The zero-order valence-electron chi connectivity index (χ0n) is 16.9. The van der Waals surface area contributed by atoms with Gasteiger partial charge in [0.2, 0.25) is 5.91 Å². The number of nitrogens with zero attached hydrogens (tertiary/aromatic N) is 2. The SMILES string of the molecule is CN(C)C(=O)CNC(=NCc1ccccc1)NCCCOCC1CCCO1.I. The molecule has 1 aromatic carbocycles. The molecule has 2 N–H and O–H groups in total. The maximum absolute atomic E-state index is 11.8. The molecule has 1 heterocycles. The van der Waals surface area contributed by atoms with Crippen molar-refractivity contribution in [1.29, 1.82) is 0 Å². The summed E-state index contributed by atoms with van der Waals surface area (Å²) in [6.07, 6.45) is 3.35. The molecule has 0 bridgehead atoms. The Balaban J connectivity index is 0.00000392. The van der Waals surface area contributed by atoms with Crippen molar-refractivity contribution >= 4 is 35.8 Å². The number of benzene rings is 1. The van der Waals surface area contributed by atoms with E-state index >= 15 is 0 Å². The molecule has 1 amide bonds. The minimum atomic E-state index is 0. The molecule has 0 spiro atoms. The highest BCUT2D eigenvalue weighted by molar-refractivity contribution is 14.0. The van der Waals surface area contributed by atoms with Crippen LogP contribution in [0.1, 0.15) is 24.8 Å². The summed E-state index contributed by atoms with van der Waals surface area (Å²) in [4.78, 5) is 17.9. The third-order valence-corrected chi connectivity index (χ3v) is 4.25. The van der Waals surface area contributed by atoms with E-state index in [0.717, 1.165) is 38.0 Å². The van der Waals surface area contributed by atoms with Crippen molar-refractivity contribution < 1.29 is 14.3 Å². The van der Waals surface area contributed by atoms with Gasteiger partial charge in [-0.2, -0.15) is 0 Å². The molecule has 2 rings (SSSR count). The predicted molar refractivity (Wildman–Crippen MR) is 122 cm³/mol. The molecule has 1 aliphatic rings. The smallest absolute Gasteiger partial charge is 0.241 e. The Kier molecular flexibility index (Phi) is 12.8. The van der Waals surface area contributed by atoms with Crippen LogP contribution in [-0.2, 0) is 20.8 Å². The molecule has 158 valence electrons. The maximum Gasteiger partial charge on any atom is 0.241 e. The van der Waals surface area contributed by atoms with Crippen molar-refractivity contribution in [3.05, 3.63) is 35.9 Å². The number of nitrogens with one attached hydrogen (secondary N) is 2. The van der Waals surface area contributed by atoms with Gasteiger partial charge >= 0.3 is 0 Å². The number of aliphatic imine (C=N–C) groups is 1. The van der Waals surface area contributed by atoms with Gasteiger partial charge in [-0.05, 0) is 24.8 Å². The van der Waals surface area contributed by atoms with Crippen molar-refractivity contribution in [2.24, 2.45) is 4.99 Å². The lowest BCUT2D eigenvalue weighted by Crippen LogP contribution is -2.43. The lowest BCUT2D eigenvalue weighted by Gasteiger charge is -2.15. The van der Waals surface area contributed by atoms with Crippen LogP contribution in [0.15, 0.2) is 35.3 Å². The number of halogens is 1. The predicted octanol–water partition coefficient (Wildman–Crippen LogP) is 2.01. The number of ether oxygens (including phenoxy) is 2. The van der Waals surface area contributed by atoms with Crippen molar-refractivity contribution in [2.75, 3.05) is 47.0 Å². The third-order valence-electron chi connectivity index (χ3n) is 4.25. The van der Waals surface area contributed by atoms with Gasteiger partial charge < -0.3 is 25.0 Å². The summed E-state index contributed by atoms with van der Waals surface area (Å²) in [5.41, 5.74) is 1.12. The van der Waals surface area contributed by atoms with Crippen LogP contribution in [0.4, 0.5) is 0 Å². The molecular formula is C20H33IN4O3. The molecule has 0 aliphatic carbocycles. The topological polar surface area (TPSA) is 75.2 Å². The van der Waals surface area contributed by atoms with Gasteiger partial charge in [0.25, 0.3) is 0 Å². The van der Waals surface area contributed by atoms with E-state index < -0.39 is 0 Å². The molecule has 0 saturated carbocycles. The number of hydrogen-bond acceptors (Lipinski definition) is 4. The van der Waals surface area contributed by atoms with Crippen LogP contribution >= 0.6 is 24.0 Å². The van der Waals surface area contributed by atoms with E-state index in [-0.39, 0.29) is 42.5 Å². The average Bonchev–Trinajstić information content (AvgIpc) is 3.20. The minimum Gasteiger partial charge on any atom is -0.379 e. The first kappa shape index (κ1) is 24.6. The molecule has 8 heteroatoms. The molecule has 0 radical (unpaired) electrons. The fourth-order valence-corrected chi connectivity index (χ4v) is 2.62. The van der Waals surface area contributed by atoms with E-state index in [1.54, 1.807) is 19.0 Å². The molecule has 0 aromatic heterocycles. The highest BCUT2D eigenvalue weighted by Gasteiger charge is 2.14. The standard InChI is InChI=1S/C20H32N4O3.HI/c1-24(2)19(25)15-23-20(22-14-17-8-4-3-5-9-17)21-11-7-12-26-16-18-10-6-13-27-18;/h3-5,8-9,18H,6-7,10-16H2,1-2H3,(H2,21,22,23);1H. The van der Waals surface area contributed by atoms with Crippen molar-refractivity contribution in [1.82, 2.24) is 15.5 Å². The van der Waals surface area contributed by atoms with E-state index in [1.165, 1.54) is 0 Å². The van der Waals surface area contributed by atoms with E-state index in [4.69, 9.17) is 9.47 Å². The molecule has 1 fully saturated rings. The Bertz CT molecular complexity index is 578. The first-order valence-corrected chi connectivity index (χ1v) is 9.61. The van der Waals surface area contributed by atoms with Gasteiger partial charge in [-0.15, -0.1) is 24.0 Å². The third kappa shape index (κ3) is 10.2. The molecule has 1 atom stereocenters. The summed E-state index contributed by atoms with van der Waals surface area (Å²) >= 11 is 0. The van der Waals surface area contributed by atoms with Gasteiger partial charge in [0, 0.05) is 33.9 Å². The number of rotatable bonds is 10. The quantitative estimate of drug-likeness (QED) is 0.221. The van der Waals surface area contributed by atoms with Crippen molar-refractivity contribution in [3.63, 3.8) is 0 Å². The van der Waals surface area contributed by atoms with Gasteiger partial charge in [-0.3, -0.25) is 4.79 Å². The van der Waals surface area contributed by atoms with E-state index in [2.05, 4.69) is 15.6 Å². The number of carbonyl (C=O) groups is 1. The number of guanidine groups is 1. The second-order valence-electron chi connectivity index (χ2n) is 6.78. The molecule has 1 unspecified atom stereocenters. The van der Waals surface area contributed by atoms with Crippen LogP contribution in [0.5, 0.6) is 0 Å². The number of amides is 1. The fraction of sp³-hybridized carbons (Fsp3) is 0.600. The largest absolute Gasteiger partial charge is 0.379 e. The molecule has 1 aromatic rings. The first-order chi connectivity index (χ1) is 13.1. The van der Waals surface area contributed by atoms with Crippen LogP contribution in [0.25, 0.3) is 0 Å². The Hall–Kier alpha value is -1.39. The van der Waals surface area contributed by atoms with E-state index in [0.29, 0.717) is 25.7 Å². The minimum absolute atomic E-state index is 0. The monoisotopic (exact) mass is 504 g/mol. The highest BCUT2D eigenvalue weighted by atomic mass is 127. The van der Waals surface area contributed by atoms with Gasteiger partial charge in [-0.1, -0.05) is 30.3 Å². The number of likely N-dealkylation sites (N-methyl/N-ethyl adjacent to an activating group) is 1. The van der Waals surface area contributed by atoms with Crippen LogP contribution in [0, 0.1) is 0 Å². The second kappa shape index (κ2) is 14.6. The molecule has 7 nitrogen and oxygen atoms in total. The van der Waals surface area contributed by atoms with Crippen LogP contribution in [0.3, 0.4) is 0 Å². The Labute approximate surface area is 185 Å². The van der Waals surface area contributed by atoms with Crippen molar-refractivity contribution in [2.45, 2.75) is 31.9 Å². The Morgan fingerprint density at radius 2 is 2.07 bits per heavy atom. The molecular weight excluding hydrogens is 471 g/mol. The van der Waals surface area contributed by atoms with Crippen molar-refractivity contribution in [3.8, 4) is 0 Å². The molecule has 1 saturated heterocycles. The highest BCUT2D eigenvalue weighted by Crippen LogP contribution is 2.11. The number of carbonyl (C=O) groups excluding carboxylic acids is 1.